The van der Waals surface area contributed by atoms with Gasteiger partial charge in [-0.2, -0.15) is 0 Å². The summed E-state index contributed by atoms with van der Waals surface area (Å²) in [5.41, 5.74) is 0.716. The highest BCUT2D eigenvalue weighted by Crippen LogP contribution is 2.24. The van der Waals surface area contributed by atoms with Crippen molar-refractivity contribution in [2.24, 2.45) is 0 Å². The van der Waals surface area contributed by atoms with Crippen LogP contribution in [0, 0.1) is 5.82 Å². The second-order valence-corrected chi connectivity index (χ2v) is 4.47. The molecular formula is C15H12ClFO2. The van der Waals surface area contributed by atoms with E-state index >= 15 is 0 Å². The summed E-state index contributed by atoms with van der Waals surface area (Å²) in [5.74, 6) is -0.263. The first-order valence-electron chi connectivity index (χ1n) is 5.72. The van der Waals surface area contributed by atoms with Gasteiger partial charge in [0.15, 0.2) is 5.78 Å². The molecule has 0 aliphatic rings. The van der Waals surface area contributed by atoms with Crippen LogP contribution in [0.1, 0.15) is 15.9 Å². The highest BCUT2D eigenvalue weighted by Gasteiger charge is 2.14. The number of ether oxygens (including phenoxy) is 1. The zero-order valence-electron chi connectivity index (χ0n) is 10.3. The minimum absolute atomic E-state index is 0.0463. The maximum Gasteiger partial charge on any atom is 0.170 e. The fraction of sp³-hybridized carbons (Fsp3) is 0.133. The van der Waals surface area contributed by atoms with Gasteiger partial charge < -0.3 is 4.74 Å². The number of halogens is 2. The monoisotopic (exact) mass is 278 g/mol. The topological polar surface area (TPSA) is 26.3 Å². The molecular weight excluding hydrogens is 267 g/mol. The van der Waals surface area contributed by atoms with Crippen LogP contribution >= 0.6 is 11.6 Å². The molecule has 0 saturated heterocycles. The first kappa shape index (κ1) is 13.6. The van der Waals surface area contributed by atoms with Gasteiger partial charge in [-0.3, -0.25) is 4.79 Å². The highest BCUT2D eigenvalue weighted by atomic mass is 35.5. The van der Waals surface area contributed by atoms with Crippen molar-refractivity contribution in [2.75, 3.05) is 7.11 Å². The zero-order chi connectivity index (χ0) is 13.8. The fourth-order valence-electron chi connectivity index (χ4n) is 1.84. The number of hydrogen-bond acceptors (Lipinski definition) is 2. The van der Waals surface area contributed by atoms with E-state index in [0.717, 1.165) is 0 Å². The Morgan fingerprint density at radius 3 is 2.68 bits per heavy atom. The number of hydrogen-bond donors (Lipinski definition) is 0. The first-order valence-corrected chi connectivity index (χ1v) is 6.09. The minimum Gasteiger partial charge on any atom is -0.496 e. The van der Waals surface area contributed by atoms with E-state index in [1.807, 2.05) is 0 Å². The van der Waals surface area contributed by atoms with Gasteiger partial charge in [-0.05, 0) is 30.3 Å². The van der Waals surface area contributed by atoms with Crippen molar-refractivity contribution in [2.45, 2.75) is 6.42 Å². The van der Waals surface area contributed by atoms with Gasteiger partial charge in [0.1, 0.15) is 11.6 Å². The SMILES string of the molecule is COc1ccc(Cl)cc1CC(=O)c1ccccc1F. The normalized spacial score (nSPS) is 10.3. The summed E-state index contributed by atoms with van der Waals surface area (Å²) in [6.45, 7) is 0. The van der Waals surface area contributed by atoms with Crippen molar-refractivity contribution < 1.29 is 13.9 Å². The average Bonchev–Trinajstić information content (AvgIpc) is 2.39. The third-order valence-electron chi connectivity index (χ3n) is 2.77. The Balaban J connectivity index is 2.29. The molecule has 0 fully saturated rings. The van der Waals surface area contributed by atoms with E-state index in [1.54, 1.807) is 30.3 Å². The first-order chi connectivity index (χ1) is 9.11. The number of carbonyl (C=O) groups excluding carboxylic acids is 1. The lowest BCUT2D eigenvalue weighted by Crippen LogP contribution is -2.07. The third-order valence-corrected chi connectivity index (χ3v) is 3.00. The Bertz CT molecular complexity index is 611. The number of carbonyl (C=O) groups is 1. The molecule has 0 aliphatic carbocycles. The van der Waals surface area contributed by atoms with Crippen molar-refractivity contribution in [3.8, 4) is 5.75 Å². The molecule has 0 radical (unpaired) electrons. The van der Waals surface area contributed by atoms with Crippen molar-refractivity contribution in [1.29, 1.82) is 0 Å². The number of benzene rings is 2. The Kier molecular flexibility index (Phi) is 4.17. The average molecular weight is 279 g/mol. The van der Waals surface area contributed by atoms with E-state index in [4.69, 9.17) is 16.3 Å². The predicted octanol–water partition coefficient (Wildman–Crippen LogP) is 3.91. The van der Waals surface area contributed by atoms with Gasteiger partial charge in [0.05, 0.1) is 12.7 Å². The summed E-state index contributed by atoms with van der Waals surface area (Å²) >= 11 is 5.89. The summed E-state index contributed by atoms with van der Waals surface area (Å²) in [5, 5.41) is 0.511. The van der Waals surface area contributed by atoms with Crippen LogP contribution in [0.4, 0.5) is 4.39 Å². The minimum atomic E-state index is -0.520. The lowest BCUT2D eigenvalue weighted by Gasteiger charge is -2.08. The van der Waals surface area contributed by atoms with Crippen molar-refractivity contribution in [3.05, 3.63) is 64.4 Å². The van der Waals surface area contributed by atoms with Gasteiger partial charge in [0, 0.05) is 17.0 Å². The molecule has 0 aromatic heterocycles. The Labute approximate surface area is 115 Å². The van der Waals surface area contributed by atoms with E-state index in [0.29, 0.717) is 16.3 Å². The van der Waals surface area contributed by atoms with Gasteiger partial charge in [-0.15, -0.1) is 0 Å². The maximum absolute atomic E-state index is 13.5. The summed E-state index contributed by atoms with van der Waals surface area (Å²) in [4.78, 5) is 12.1. The smallest absolute Gasteiger partial charge is 0.170 e. The van der Waals surface area contributed by atoms with Crippen molar-refractivity contribution >= 4 is 17.4 Å². The van der Waals surface area contributed by atoms with Crippen LogP contribution in [0.15, 0.2) is 42.5 Å². The molecule has 2 aromatic carbocycles. The molecule has 0 spiro atoms. The number of rotatable bonds is 4. The predicted molar refractivity (Wildman–Crippen MR) is 72.4 cm³/mol. The molecule has 0 aliphatic heterocycles. The molecule has 19 heavy (non-hydrogen) atoms. The maximum atomic E-state index is 13.5. The number of methoxy groups -OCH3 is 1. The molecule has 2 nitrogen and oxygen atoms in total. The van der Waals surface area contributed by atoms with E-state index in [1.165, 1.54) is 19.2 Å². The zero-order valence-corrected chi connectivity index (χ0v) is 11.1. The van der Waals surface area contributed by atoms with Crippen LogP contribution < -0.4 is 4.74 Å². The number of Topliss-reactive ketones (excluding diaryl/α,β-unsaturated/α-hetero) is 1. The van der Waals surface area contributed by atoms with E-state index in [-0.39, 0.29) is 17.8 Å². The molecule has 0 saturated carbocycles. The molecule has 0 heterocycles. The van der Waals surface area contributed by atoms with Crippen LogP contribution in [0.25, 0.3) is 0 Å². The van der Waals surface area contributed by atoms with Crippen molar-refractivity contribution in [1.82, 2.24) is 0 Å². The van der Waals surface area contributed by atoms with E-state index in [9.17, 15) is 9.18 Å². The molecule has 98 valence electrons. The van der Waals surface area contributed by atoms with Crippen LogP contribution in [-0.2, 0) is 6.42 Å². The largest absolute Gasteiger partial charge is 0.496 e. The van der Waals surface area contributed by atoms with Crippen LogP contribution in [0.5, 0.6) is 5.75 Å². The Morgan fingerprint density at radius 1 is 1.26 bits per heavy atom. The van der Waals surface area contributed by atoms with Crippen LogP contribution in [-0.4, -0.2) is 12.9 Å². The molecule has 2 rings (SSSR count). The standard InChI is InChI=1S/C15H12ClFO2/c1-19-15-7-6-11(16)8-10(15)9-14(18)12-4-2-3-5-13(12)17/h2-8H,9H2,1H3. The summed E-state index contributed by atoms with van der Waals surface area (Å²) in [7, 11) is 1.51. The van der Waals surface area contributed by atoms with Gasteiger partial charge in [-0.1, -0.05) is 23.7 Å². The van der Waals surface area contributed by atoms with E-state index in [2.05, 4.69) is 0 Å². The molecule has 0 unspecified atom stereocenters. The second-order valence-electron chi connectivity index (χ2n) is 4.04. The van der Waals surface area contributed by atoms with Gasteiger partial charge in [0.25, 0.3) is 0 Å². The second kappa shape index (κ2) is 5.85. The quantitative estimate of drug-likeness (QED) is 0.793. The third kappa shape index (κ3) is 3.12. The molecule has 2 aromatic rings. The summed E-state index contributed by atoms with van der Waals surface area (Å²) in [6, 6.07) is 10.9. The lowest BCUT2D eigenvalue weighted by atomic mass is 10.0. The molecule has 0 atom stereocenters. The van der Waals surface area contributed by atoms with Gasteiger partial charge >= 0.3 is 0 Å². The van der Waals surface area contributed by atoms with Crippen LogP contribution in [0.2, 0.25) is 5.02 Å². The number of ketones is 1. The lowest BCUT2D eigenvalue weighted by molar-refractivity contribution is 0.0988. The summed E-state index contributed by atoms with van der Waals surface area (Å²) in [6.07, 6.45) is 0.0463. The highest BCUT2D eigenvalue weighted by molar-refractivity contribution is 6.30. The van der Waals surface area contributed by atoms with Gasteiger partial charge in [-0.25, -0.2) is 4.39 Å². The van der Waals surface area contributed by atoms with E-state index < -0.39 is 5.82 Å². The molecule has 0 amide bonds. The summed E-state index contributed by atoms with van der Waals surface area (Å²) < 4.78 is 18.7. The van der Waals surface area contributed by atoms with Crippen LogP contribution in [0.3, 0.4) is 0 Å². The fourth-order valence-corrected chi connectivity index (χ4v) is 2.04. The molecule has 0 bridgehead atoms. The Morgan fingerprint density at radius 2 is 2.00 bits per heavy atom. The molecule has 4 heteroatoms. The van der Waals surface area contributed by atoms with Crippen molar-refractivity contribution in [3.63, 3.8) is 0 Å². The molecule has 0 N–H and O–H groups in total. The Hall–Kier alpha value is -1.87. The van der Waals surface area contributed by atoms with Gasteiger partial charge in [0.2, 0.25) is 0 Å².